The van der Waals surface area contributed by atoms with E-state index in [1.807, 2.05) is 12.1 Å². The smallest absolute Gasteiger partial charge is 0.128 e. The van der Waals surface area contributed by atoms with Crippen LogP contribution in [0.5, 0.6) is 5.75 Å². The van der Waals surface area contributed by atoms with Gasteiger partial charge in [-0.3, -0.25) is 4.90 Å². The van der Waals surface area contributed by atoms with Crippen LogP contribution in [0, 0.1) is 0 Å². The molecule has 0 saturated carbocycles. The van der Waals surface area contributed by atoms with E-state index in [2.05, 4.69) is 38.7 Å². The van der Waals surface area contributed by atoms with Gasteiger partial charge in [0.25, 0.3) is 0 Å². The van der Waals surface area contributed by atoms with Crippen molar-refractivity contribution in [3.8, 4) is 5.75 Å². The van der Waals surface area contributed by atoms with Crippen molar-refractivity contribution >= 4 is 0 Å². The number of aliphatic hydroxyl groups is 1. The molecule has 22 heavy (non-hydrogen) atoms. The molecular formula is C19H29NO2. The third-order valence-electron chi connectivity index (χ3n) is 5.42. The fourth-order valence-electron chi connectivity index (χ4n) is 4.24. The quantitative estimate of drug-likeness (QED) is 0.900. The van der Waals surface area contributed by atoms with Crippen LogP contribution < -0.4 is 4.74 Å². The molecule has 1 aromatic carbocycles. The number of hydrogen-bond donors (Lipinski definition) is 1. The maximum absolute atomic E-state index is 11.0. The minimum atomic E-state index is -0.453. The lowest BCUT2D eigenvalue weighted by Crippen LogP contribution is -2.55. The van der Waals surface area contributed by atoms with Crippen molar-refractivity contribution in [2.24, 2.45) is 0 Å². The van der Waals surface area contributed by atoms with E-state index in [0.29, 0.717) is 24.6 Å². The van der Waals surface area contributed by atoms with Gasteiger partial charge in [0.1, 0.15) is 18.5 Å². The first kappa shape index (κ1) is 15.8. The van der Waals surface area contributed by atoms with Crippen LogP contribution in [0.25, 0.3) is 0 Å². The van der Waals surface area contributed by atoms with Crippen LogP contribution >= 0.6 is 0 Å². The minimum absolute atomic E-state index is 0.0696. The summed E-state index contributed by atoms with van der Waals surface area (Å²) in [6.07, 6.45) is 3.26. The number of benzene rings is 1. The summed E-state index contributed by atoms with van der Waals surface area (Å²) in [5.41, 5.74) is 2.17. The van der Waals surface area contributed by atoms with E-state index in [1.165, 1.54) is 24.8 Å². The molecule has 3 nitrogen and oxygen atoms in total. The first-order valence-corrected chi connectivity index (χ1v) is 8.71. The molecule has 1 N–H and O–H groups in total. The Hall–Kier alpha value is -1.06. The molecule has 4 unspecified atom stereocenters. The topological polar surface area (TPSA) is 32.7 Å². The van der Waals surface area contributed by atoms with Gasteiger partial charge < -0.3 is 9.84 Å². The molecule has 0 radical (unpaired) electrons. The third kappa shape index (κ3) is 2.65. The van der Waals surface area contributed by atoms with Crippen LogP contribution in [0.2, 0.25) is 0 Å². The predicted molar refractivity (Wildman–Crippen MR) is 89.4 cm³/mol. The van der Waals surface area contributed by atoms with Gasteiger partial charge in [-0.15, -0.1) is 0 Å². The van der Waals surface area contributed by atoms with Crippen LogP contribution in [-0.4, -0.2) is 34.7 Å². The number of fused-ring (bicyclic) bond motifs is 1. The van der Waals surface area contributed by atoms with Gasteiger partial charge >= 0.3 is 0 Å². The molecule has 3 heteroatoms. The van der Waals surface area contributed by atoms with Crippen molar-refractivity contribution in [1.29, 1.82) is 0 Å². The summed E-state index contributed by atoms with van der Waals surface area (Å²) in [6, 6.07) is 7.29. The fraction of sp³-hybridized carbons (Fsp3) is 0.684. The van der Waals surface area contributed by atoms with E-state index < -0.39 is 6.10 Å². The van der Waals surface area contributed by atoms with Crippen LogP contribution in [0.1, 0.15) is 70.1 Å². The molecule has 0 aromatic heterocycles. The van der Waals surface area contributed by atoms with Crippen LogP contribution in [0.15, 0.2) is 18.2 Å². The molecule has 0 spiro atoms. The number of piperidine rings is 1. The zero-order valence-electron chi connectivity index (χ0n) is 14.2. The highest BCUT2D eigenvalue weighted by atomic mass is 16.5. The van der Waals surface area contributed by atoms with Crippen molar-refractivity contribution in [3.63, 3.8) is 0 Å². The first-order valence-electron chi connectivity index (χ1n) is 8.71. The molecule has 122 valence electrons. The Balaban J connectivity index is 1.91. The van der Waals surface area contributed by atoms with Crippen LogP contribution in [0.4, 0.5) is 0 Å². The van der Waals surface area contributed by atoms with Crippen LogP contribution in [0.3, 0.4) is 0 Å². The Morgan fingerprint density at radius 2 is 1.86 bits per heavy atom. The molecular weight excluding hydrogens is 274 g/mol. The molecule has 3 rings (SSSR count). The second-order valence-electron chi connectivity index (χ2n) is 7.32. The summed E-state index contributed by atoms with van der Waals surface area (Å²) < 4.78 is 6.15. The van der Waals surface area contributed by atoms with Gasteiger partial charge in [-0.2, -0.15) is 0 Å². The Morgan fingerprint density at radius 3 is 2.50 bits per heavy atom. The monoisotopic (exact) mass is 303 g/mol. The Labute approximate surface area is 134 Å². The summed E-state index contributed by atoms with van der Waals surface area (Å²) in [5.74, 6) is 1.32. The Bertz CT molecular complexity index is 518. The molecule has 2 aliphatic heterocycles. The van der Waals surface area contributed by atoms with Gasteiger partial charge in [-0.1, -0.05) is 38.5 Å². The average molecular weight is 303 g/mol. The lowest BCUT2D eigenvalue weighted by Gasteiger charge is -2.47. The Kier molecular flexibility index (Phi) is 4.47. The molecule has 2 heterocycles. The summed E-state index contributed by atoms with van der Waals surface area (Å²) in [7, 11) is 0. The van der Waals surface area contributed by atoms with Gasteiger partial charge in [0.15, 0.2) is 0 Å². The second kappa shape index (κ2) is 6.21. The molecule has 1 saturated heterocycles. The summed E-state index contributed by atoms with van der Waals surface area (Å²) in [4.78, 5) is 2.49. The van der Waals surface area contributed by atoms with Crippen molar-refractivity contribution in [2.45, 2.75) is 77.1 Å². The van der Waals surface area contributed by atoms with Crippen LogP contribution in [-0.2, 0) is 0 Å². The standard InChI is InChI=1S/C19H29NO2/c1-12(2)15-9-6-10-16-18(21)17(11-22-19(15)16)20-13(3)7-5-8-14(20)4/h6,9-10,12-14,17-18,21H,5,7-8,11H2,1-4H3. The van der Waals surface area contributed by atoms with E-state index in [-0.39, 0.29) is 6.04 Å². The maximum Gasteiger partial charge on any atom is 0.128 e. The number of para-hydroxylation sites is 1. The molecule has 0 bridgehead atoms. The van der Waals surface area contributed by atoms with Gasteiger partial charge in [-0.25, -0.2) is 0 Å². The van der Waals surface area contributed by atoms with Gasteiger partial charge in [0.2, 0.25) is 0 Å². The number of ether oxygens (including phenoxy) is 1. The highest BCUT2D eigenvalue weighted by molar-refractivity contribution is 5.46. The van der Waals surface area contributed by atoms with Gasteiger partial charge in [0, 0.05) is 17.6 Å². The molecule has 2 aliphatic rings. The normalized spacial score (nSPS) is 32.6. The molecule has 4 atom stereocenters. The van der Waals surface area contributed by atoms with E-state index in [0.717, 1.165) is 11.3 Å². The lowest BCUT2D eigenvalue weighted by atomic mass is 9.88. The number of rotatable bonds is 2. The summed E-state index contributed by atoms with van der Waals surface area (Å²) >= 11 is 0. The maximum atomic E-state index is 11.0. The molecule has 0 amide bonds. The molecule has 1 aromatic rings. The van der Waals surface area contributed by atoms with Crippen molar-refractivity contribution in [1.82, 2.24) is 4.90 Å². The van der Waals surface area contributed by atoms with E-state index in [9.17, 15) is 5.11 Å². The third-order valence-corrected chi connectivity index (χ3v) is 5.42. The van der Waals surface area contributed by atoms with Crippen molar-refractivity contribution in [3.05, 3.63) is 29.3 Å². The largest absolute Gasteiger partial charge is 0.491 e. The van der Waals surface area contributed by atoms with Crippen molar-refractivity contribution in [2.75, 3.05) is 6.61 Å². The highest BCUT2D eigenvalue weighted by Crippen LogP contribution is 2.41. The van der Waals surface area contributed by atoms with E-state index >= 15 is 0 Å². The molecule has 1 fully saturated rings. The summed E-state index contributed by atoms with van der Waals surface area (Å²) in [5, 5.41) is 11.0. The van der Waals surface area contributed by atoms with E-state index in [4.69, 9.17) is 4.74 Å². The molecule has 0 aliphatic carbocycles. The average Bonchev–Trinajstić information content (AvgIpc) is 2.48. The second-order valence-corrected chi connectivity index (χ2v) is 7.32. The predicted octanol–water partition coefficient (Wildman–Crippen LogP) is 3.87. The van der Waals surface area contributed by atoms with Crippen molar-refractivity contribution < 1.29 is 9.84 Å². The highest BCUT2D eigenvalue weighted by Gasteiger charge is 2.39. The first-order chi connectivity index (χ1) is 10.5. The zero-order chi connectivity index (χ0) is 15.9. The van der Waals surface area contributed by atoms with Gasteiger partial charge in [0.05, 0.1) is 6.04 Å². The van der Waals surface area contributed by atoms with E-state index in [1.54, 1.807) is 0 Å². The summed E-state index contributed by atoms with van der Waals surface area (Å²) in [6.45, 7) is 9.50. The number of hydrogen-bond acceptors (Lipinski definition) is 3. The lowest BCUT2D eigenvalue weighted by molar-refractivity contribution is -0.0473. The zero-order valence-corrected chi connectivity index (χ0v) is 14.2. The number of likely N-dealkylation sites (tertiary alicyclic amines) is 1. The number of nitrogens with zero attached hydrogens (tertiary/aromatic N) is 1. The SMILES string of the molecule is CC(C)c1cccc2c1OCC(N1C(C)CCCC1C)C2O. The number of aliphatic hydroxyl groups excluding tert-OH is 1. The fourth-order valence-corrected chi connectivity index (χ4v) is 4.24. The Morgan fingerprint density at radius 1 is 1.18 bits per heavy atom. The van der Waals surface area contributed by atoms with Gasteiger partial charge in [-0.05, 0) is 38.2 Å². The minimum Gasteiger partial charge on any atom is -0.491 e.